The van der Waals surface area contributed by atoms with Crippen LogP contribution in [0.2, 0.25) is 0 Å². The lowest BCUT2D eigenvalue weighted by molar-refractivity contribution is -0.143. The maximum absolute atomic E-state index is 12.8. The summed E-state index contributed by atoms with van der Waals surface area (Å²) in [5.74, 6) is -1.68. The number of anilines is 1. The van der Waals surface area contributed by atoms with Crippen molar-refractivity contribution in [3.63, 3.8) is 0 Å². The summed E-state index contributed by atoms with van der Waals surface area (Å²) in [4.78, 5) is 38.1. The van der Waals surface area contributed by atoms with Crippen molar-refractivity contribution in [1.82, 2.24) is 4.90 Å². The SMILES string of the molecule is O=C(CN1C(=O)[C@@H]2[C@H](C1=O)[C@H]1C=C[C@@H]2C1)Nc1ccc(F)cc1. The Morgan fingerprint density at radius 2 is 1.65 bits per heavy atom. The number of imide groups is 1. The fraction of sp³-hybridized carbons (Fsp3) is 0.353. The van der Waals surface area contributed by atoms with Crippen molar-refractivity contribution < 1.29 is 18.8 Å². The number of rotatable bonds is 3. The molecule has 0 unspecified atom stereocenters. The van der Waals surface area contributed by atoms with Gasteiger partial charge in [0.05, 0.1) is 11.8 Å². The van der Waals surface area contributed by atoms with Crippen molar-refractivity contribution in [2.24, 2.45) is 23.7 Å². The first-order valence-corrected chi connectivity index (χ1v) is 7.63. The lowest BCUT2D eigenvalue weighted by atomic mass is 9.85. The van der Waals surface area contributed by atoms with E-state index < -0.39 is 11.7 Å². The Balaban J connectivity index is 1.45. The average molecular weight is 314 g/mol. The van der Waals surface area contributed by atoms with Crippen LogP contribution in [0.5, 0.6) is 0 Å². The Morgan fingerprint density at radius 1 is 1.09 bits per heavy atom. The van der Waals surface area contributed by atoms with Gasteiger partial charge in [-0.3, -0.25) is 19.3 Å². The molecule has 0 radical (unpaired) electrons. The number of carbonyl (C=O) groups is 3. The minimum atomic E-state index is -0.460. The molecule has 0 spiro atoms. The molecule has 2 fully saturated rings. The number of amides is 3. The monoisotopic (exact) mass is 314 g/mol. The molecule has 2 bridgehead atoms. The molecule has 23 heavy (non-hydrogen) atoms. The standard InChI is InChI=1S/C17H15FN2O3/c18-11-3-5-12(6-4-11)19-13(21)8-20-16(22)14-9-1-2-10(7-9)15(14)17(20)23/h1-6,9-10,14-15H,7-8H2,(H,19,21)/t9-,10+,14+,15-. The molecular formula is C17H15FN2O3. The van der Waals surface area contributed by atoms with Gasteiger partial charge in [0.15, 0.2) is 0 Å². The third kappa shape index (κ3) is 2.17. The van der Waals surface area contributed by atoms with Crippen LogP contribution in [-0.2, 0) is 14.4 Å². The molecular weight excluding hydrogens is 299 g/mol. The van der Waals surface area contributed by atoms with Gasteiger partial charge in [0.1, 0.15) is 12.4 Å². The predicted octanol–water partition coefficient (Wildman–Crippen LogP) is 1.57. The molecule has 1 aromatic carbocycles. The number of hydrogen-bond acceptors (Lipinski definition) is 3. The van der Waals surface area contributed by atoms with Gasteiger partial charge >= 0.3 is 0 Å². The summed E-state index contributed by atoms with van der Waals surface area (Å²) in [6, 6.07) is 5.32. The summed E-state index contributed by atoms with van der Waals surface area (Å²) in [5.41, 5.74) is 0.428. The molecule has 1 aliphatic heterocycles. The van der Waals surface area contributed by atoms with Crippen molar-refractivity contribution >= 4 is 23.4 Å². The molecule has 5 nitrogen and oxygen atoms in total. The van der Waals surface area contributed by atoms with Gasteiger partial charge < -0.3 is 5.32 Å². The second-order valence-corrected chi connectivity index (χ2v) is 6.32. The van der Waals surface area contributed by atoms with E-state index in [4.69, 9.17) is 0 Å². The number of nitrogens with zero attached hydrogens (tertiary/aromatic N) is 1. The zero-order valence-electron chi connectivity index (χ0n) is 12.2. The molecule has 1 heterocycles. The molecule has 3 amide bonds. The van der Waals surface area contributed by atoms with Crippen LogP contribution in [0, 0.1) is 29.5 Å². The maximum atomic E-state index is 12.8. The molecule has 6 heteroatoms. The second kappa shape index (κ2) is 5.01. The van der Waals surface area contributed by atoms with E-state index in [1.54, 1.807) is 0 Å². The van der Waals surface area contributed by atoms with Crippen LogP contribution in [0.3, 0.4) is 0 Å². The van der Waals surface area contributed by atoms with Gasteiger partial charge in [0, 0.05) is 5.69 Å². The second-order valence-electron chi connectivity index (χ2n) is 6.32. The van der Waals surface area contributed by atoms with Crippen LogP contribution in [0.25, 0.3) is 0 Å². The van der Waals surface area contributed by atoms with Crippen LogP contribution < -0.4 is 5.32 Å². The molecule has 1 N–H and O–H groups in total. The van der Waals surface area contributed by atoms with E-state index in [2.05, 4.69) is 5.32 Å². The molecule has 4 atom stereocenters. The van der Waals surface area contributed by atoms with E-state index in [1.165, 1.54) is 24.3 Å². The minimum Gasteiger partial charge on any atom is -0.325 e. The topological polar surface area (TPSA) is 66.5 Å². The zero-order chi connectivity index (χ0) is 16.1. The van der Waals surface area contributed by atoms with Crippen molar-refractivity contribution in [2.75, 3.05) is 11.9 Å². The van der Waals surface area contributed by atoms with E-state index in [0.717, 1.165) is 11.3 Å². The number of nitrogens with one attached hydrogen (secondary N) is 1. The first kappa shape index (κ1) is 14.1. The first-order chi connectivity index (χ1) is 11.0. The summed E-state index contributed by atoms with van der Waals surface area (Å²) >= 11 is 0. The average Bonchev–Trinajstić information content (AvgIpc) is 3.19. The molecule has 1 saturated carbocycles. The maximum Gasteiger partial charge on any atom is 0.244 e. The third-order valence-electron chi connectivity index (χ3n) is 4.99. The number of carbonyl (C=O) groups excluding carboxylic acids is 3. The summed E-state index contributed by atoms with van der Waals surface area (Å²) in [7, 11) is 0. The Kier molecular flexibility index (Phi) is 3.07. The molecule has 1 saturated heterocycles. The van der Waals surface area contributed by atoms with E-state index >= 15 is 0 Å². The smallest absolute Gasteiger partial charge is 0.244 e. The highest BCUT2D eigenvalue weighted by atomic mass is 19.1. The number of fused-ring (bicyclic) bond motifs is 5. The van der Waals surface area contributed by atoms with E-state index in [0.29, 0.717) is 5.69 Å². The molecule has 4 rings (SSSR count). The molecule has 1 aromatic rings. The predicted molar refractivity (Wildman–Crippen MR) is 79.5 cm³/mol. The van der Waals surface area contributed by atoms with Gasteiger partial charge in [-0.05, 0) is 42.5 Å². The van der Waals surface area contributed by atoms with E-state index in [-0.39, 0.29) is 42.0 Å². The molecule has 2 aliphatic carbocycles. The summed E-state index contributed by atoms with van der Waals surface area (Å²) in [6.45, 7) is -0.290. The highest BCUT2D eigenvalue weighted by Gasteiger charge is 2.59. The fourth-order valence-electron chi connectivity index (χ4n) is 4.00. The van der Waals surface area contributed by atoms with E-state index in [9.17, 15) is 18.8 Å². The van der Waals surface area contributed by atoms with Crippen LogP contribution in [0.15, 0.2) is 36.4 Å². The van der Waals surface area contributed by atoms with E-state index in [1.807, 2.05) is 12.2 Å². The Morgan fingerprint density at radius 3 is 2.22 bits per heavy atom. The largest absolute Gasteiger partial charge is 0.325 e. The zero-order valence-corrected chi connectivity index (χ0v) is 12.2. The molecule has 118 valence electrons. The third-order valence-corrected chi connectivity index (χ3v) is 4.99. The number of allylic oxidation sites excluding steroid dienone is 2. The van der Waals surface area contributed by atoms with Crippen molar-refractivity contribution in [2.45, 2.75) is 6.42 Å². The van der Waals surface area contributed by atoms with Crippen molar-refractivity contribution in [3.05, 3.63) is 42.2 Å². The lowest BCUT2D eigenvalue weighted by Crippen LogP contribution is -2.39. The lowest BCUT2D eigenvalue weighted by Gasteiger charge is -2.16. The number of likely N-dealkylation sites (tertiary alicyclic amines) is 1. The van der Waals surface area contributed by atoms with Gasteiger partial charge in [-0.25, -0.2) is 4.39 Å². The van der Waals surface area contributed by atoms with Gasteiger partial charge in [-0.2, -0.15) is 0 Å². The van der Waals surface area contributed by atoms with Crippen LogP contribution >= 0.6 is 0 Å². The number of halogens is 1. The quantitative estimate of drug-likeness (QED) is 0.680. The minimum absolute atomic E-state index is 0.131. The Labute approximate surface area is 132 Å². The Bertz CT molecular complexity index is 698. The number of hydrogen-bond donors (Lipinski definition) is 1. The summed E-state index contributed by atoms with van der Waals surface area (Å²) in [6.07, 6.45) is 4.89. The van der Waals surface area contributed by atoms with Crippen molar-refractivity contribution in [3.8, 4) is 0 Å². The normalized spacial score (nSPS) is 30.9. The van der Waals surface area contributed by atoms with Gasteiger partial charge in [-0.15, -0.1) is 0 Å². The first-order valence-electron chi connectivity index (χ1n) is 7.63. The van der Waals surface area contributed by atoms with Crippen LogP contribution in [0.1, 0.15) is 6.42 Å². The van der Waals surface area contributed by atoms with Gasteiger partial charge in [-0.1, -0.05) is 12.2 Å². The van der Waals surface area contributed by atoms with Gasteiger partial charge in [0.25, 0.3) is 0 Å². The molecule has 3 aliphatic rings. The fourth-order valence-corrected chi connectivity index (χ4v) is 4.00. The van der Waals surface area contributed by atoms with Gasteiger partial charge in [0.2, 0.25) is 17.7 Å². The highest BCUT2D eigenvalue weighted by Crippen LogP contribution is 2.52. The number of benzene rings is 1. The Hall–Kier alpha value is -2.50. The summed E-state index contributed by atoms with van der Waals surface area (Å²) in [5, 5.41) is 2.57. The van der Waals surface area contributed by atoms with Crippen LogP contribution in [0.4, 0.5) is 10.1 Å². The summed E-state index contributed by atoms with van der Waals surface area (Å²) < 4.78 is 12.8. The highest BCUT2D eigenvalue weighted by molar-refractivity contribution is 6.09. The van der Waals surface area contributed by atoms with Crippen molar-refractivity contribution in [1.29, 1.82) is 0 Å². The molecule has 0 aromatic heterocycles. The van der Waals surface area contributed by atoms with Crippen LogP contribution in [-0.4, -0.2) is 29.2 Å².